The second-order valence-corrected chi connectivity index (χ2v) is 3.97. The smallest absolute Gasteiger partial charge is 0.221 e. The van der Waals surface area contributed by atoms with Crippen molar-refractivity contribution in [2.75, 3.05) is 26.7 Å². The maximum atomic E-state index is 11.0. The molecule has 1 amide bonds. The molecule has 1 rings (SSSR count). The zero-order valence-electron chi connectivity index (χ0n) is 8.68. The van der Waals surface area contributed by atoms with Crippen LogP contribution in [0.15, 0.2) is 0 Å². The molecule has 1 saturated heterocycles. The van der Waals surface area contributed by atoms with Gasteiger partial charge in [0.15, 0.2) is 0 Å². The van der Waals surface area contributed by atoms with Gasteiger partial charge < -0.3 is 10.2 Å². The van der Waals surface area contributed by atoms with Gasteiger partial charge in [0.2, 0.25) is 5.91 Å². The third-order valence-electron chi connectivity index (χ3n) is 2.68. The third-order valence-corrected chi connectivity index (χ3v) is 2.68. The topological polar surface area (TPSA) is 32.3 Å². The Bertz CT molecular complexity index is 170. The minimum atomic E-state index is 0.151. The molecular weight excluding hydrogens is 164 g/mol. The van der Waals surface area contributed by atoms with Crippen LogP contribution in [0.3, 0.4) is 0 Å². The van der Waals surface area contributed by atoms with Crippen LogP contribution < -0.4 is 5.32 Å². The van der Waals surface area contributed by atoms with Gasteiger partial charge >= 0.3 is 0 Å². The van der Waals surface area contributed by atoms with Gasteiger partial charge in [-0.3, -0.25) is 4.79 Å². The van der Waals surface area contributed by atoms with Crippen LogP contribution >= 0.6 is 0 Å². The molecular formula is C10H20N2O. The van der Waals surface area contributed by atoms with Gasteiger partial charge in [-0.2, -0.15) is 0 Å². The predicted molar refractivity (Wildman–Crippen MR) is 53.5 cm³/mol. The predicted octanol–water partition coefficient (Wildman–Crippen LogP) is 0.854. The molecule has 1 atom stereocenters. The molecule has 13 heavy (non-hydrogen) atoms. The van der Waals surface area contributed by atoms with E-state index in [9.17, 15) is 4.79 Å². The number of rotatable bonds is 3. The SMILES string of the molecule is CNC(=O)CCN1CCCC(C)C1. The second-order valence-electron chi connectivity index (χ2n) is 3.97. The number of carbonyl (C=O) groups excluding carboxylic acids is 1. The first-order valence-corrected chi connectivity index (χ1v) is 5.15. The van der Waals surface area contributed by atoms with E-state index in [2.05, 4.69) is 17.1 Å². The molecule has 3 nitrogen and oxygen atoms in total. The van der Waals surface area contributed by atoms with E-state index < -0.39 is 0 Å². The van der Waals surface area contributed by atoms with Gasteiger partial charge in [0.1, 0.15) is 0 Å². The van der Waals surface area contributed by atoms with Crippen LogP contribution in [0.4, 0.5) is 0 Å². The van der Waals surface area contributed by atoms with Crippen LogP contribution in [0.5, 0.6) is 0 Å². The first kappa shape index (κ1) is 10.5. The minimum Gasteiger partial charge on any atom is -0.359 e. The van der Waals surface area contributed by atoms with Gasteiger partial charge in [0.25, 0.3) is 0 Å². The summed E-state index contributed by atoms with van der Waals surface area (Å²) in [6.07, 6.45) is 3.27. The Balaban J connectivity index is 2.17. The van der Waals surface area contributed by atoms with Gasteiger partial charge in [0.05, 0.1) is 0 Å². The lowest BCUT2D eigenvalue weighted by Crippen LogP contribution is -2.36. The van der Waals surface area contributed by atoms with E-state index in [-0.39, 0.29) is 5.91 Å². The minimum absolute atomic E-state index is 0.151. The fourth-order valence-electron chi connectivity index (χ4n) is 1.87. The summed E-state index contributed by atoms with van der Waals surface area (Å²) in [5.74, 6) is 0.955. The Labute approximate surface area is 80.5 Å². The molecule has 1 aliphatic heterocycles. The number of hydrogen-bond donors (Lipinski definition) is 1. The maximum Gasteiger partial charge on any atom is 0.221 e. The van der Waals surface area contributed by atoms with Crippen molar-refractivity contribution < 1.29 is 4.79 Å². The molecule has 1 heterocycles. The lowest BCUT2D eigenvalue weighted by molar-refractivity contribution is -0.121. The highest BCUT2D eigenvalue weighted by molar-refractivity contribution is 5.75. The summed E-state index contributed by atoms with van der Waals surface area (Å²) >= 11 is 0. The van der Waals surface area contributed by atoms with E-state index in [0.29, 0.717) is 6.42 Å². The van der Waals surface area contributed by atoms with Gasteiger partial charge in [0, 0.05) is 26.6 Å². The number of carbonyl (C=O) groups is 1. The van der Waals surface area contributed by atoms with Crippen LogP contribution in [0.2, 0.25) is 0 Å². The van der Waals surface area contributed by atoms with Crippen LogP contribution in [0.1, 0.15) is 26.2 Å². The summed E-state index contributed by atoms with van der Waals surface area (Å²) in [7, 11) is 1.70. The maximum absolute atomic E-state index is 11.0. The van der Waals surface area contributed by atoms with Gasteiger partial charge in [-0.15, -0.1) is 0 Å². The lowest BCUT2D eigenvalue weighted by Gasteiger charge is -2.30. The summed E-state index contributed by atoms with van der Waals surface area (Å²) in [5.41, 5.74) is 0. The standard InChI is InChI=1S/C10H20N2O/c1-9-4-3-6-12(8-9)7-5-10(13)11-2/h9H,3-8H2,1-2H3,(H,11,13). The van der Waals surface area contributed by atoms with E-state index in [1.54, 1.807) is 7.05 Å². The Morgan fingerprint density at radius 3 is 3.00 bits per heavy atom. The summed E-state index contributed by atoms with van der Waals surface area (Å²) in [6, 6.07) is 0. The molecule has 1 fully saturated rings. The van der Waals surface area contributed by atoms with E-state index >= 15 is 0 Å². The van der Waals surface area contributed by atoms with Crippen LogP contribution in [0.25, 0.3) is 0 Å². The first-order chi connectivity index (χ1) is 6.22. The molecule has 0 saturated carbocycles. The molecule has 0 aromatic carbocycles. The van der Waals surface area contributed by atoms with Gasteiger partial charge in [-0.25, -0.2) is 0 Å². The largest absolute Gasteiger partial charge is 0.359 e. The molecule has 0 radical (unpaired) electrons. The monoisotopic (exact) mass is 184 g/mol. The number of hydrogen-bond acceptors (Lipinski definition) is 2. The van der Waals surface area contributed by atoms with Gasteiger partial charge in [-0.05, 0) is 25.3 Å². The molecule has 0 aliphatic carbocycles. The van der Waals surface area contributed by atoms with E-state index in [4.69, 9.17) is 0 Å². The van der Waals surface area contributed by atoms with Crippen LogP contribution in [-0.2, 0) is 4.79 Å². The molecule has 76 valence electrons. The quantitative estimate of drug-likeness (QED) is 0.705. The zero-order chi connectivity index (χ0) is 9.68. The molecule has 0 aromatic rings. The molecule has 1 N–H and O–H groups in total. The number of likely N-dealkylation sites (tertiary alicyclic amines) is 1. The highest BCUT2D eigenvalue weighted by Crippen LogP contribution is 2.15. The van der Waals surface area contributed by atoms with Crippen molar-refractivity contribution in [2.24, 2.45) is 5.92 Å². The van der Waals surface area contributed by atoms with Crippen molar-refractivity contribution in [1.29, 1.82) is 0 Å². The van der Waals surface area contributed by atoms with Crippen molar-refractivity contribution in [3.05, 3.63) is 0 Å². The average molecular weight is 184 g/mol. The Morgan fingerprint density at radius 2 is 2.38 bits per heavy atom. The average Bonchev–Trinajstić information content (AvgIpc) is 2.14. The second kappa shape index (κ2) is 5.22. The van der Waals surface area contributed by atoms with Crippen LogP contribution in [0, 0.1) is 5.92 Å². The Kier molecular flexibility index (Phi) is 4.22. The van der Waals surface area contributed by atoms with E-state index in [1.165, 1.54) is 19.4 Å². The van der Waals surface area contributed by atoms with Crippen molar-refractivity contribution >= 4 is 5.91 Å². The number of amides is 1. The highest BCUT2D eigenvalue weighted by Gasteiger charge is 2.16. The van der Waals surface area contributed by atoms with Crippen LogP contribution in [-0.4, -0.2) is 37.5 Å². The molecule has 0 spiro atoms. The molecule has 0 aromatic heterocycles. The number of nitrogens with zero attached hydrogens (tertiary/aromatic N) is 1. The molecule has 0 bridgehead atoms. The highest BCUT2D eigenvalue weighted by atomic mass is 16.1. The number of piperidine rings is 1. The van der Waals surface area contributed by atoms with E-state index in [1.807, 2.05) is 0 Å². The summed E-state index contributed by atoms with van der Waals surface area (Å²) in [4.78, 5) is 13.4. The zero-order valence-corrected chi connectivity index (χ0v) is 8.68. The molecule has 3 heteroatoms. The van der Waals surface area contributed by atoms with E-state index in [0.717, 1.165) is 19.0 Å². The fraction of sp³-hybridized carbons (Fsp3) is 0.900. The third kappa shape index (κ3) is 3.77. The fourth-order valence-corrected chi connectivity index (χ4v) is 1.87. The van der Waals surface area contributed by atoms with Crippen molar-refractivity contribution in [1.82, 2.24) is 10.2 Å². The van der Waals surface area contributed by atoms with Crippen molar-refractivity contribution in [2.45, 2.75) is 26.2 Å². The summed E-state index contributed by atoms with van der Waals surface area (Å²) < 4.78 is 0. The lowest BCUT2D eigenvalue weighted by atomic mass is 10.0. The normalized spacial score (nSPS) is 24.3. The molecule has 1 unspecified atom stereocenters. The molecule has 1 aliphatic rings. The number of nitrogens with one attached hydrogen (secondary N) is 1. The van der Waals surface area contributed by atoms with Crippen molar-refractivity contribution in [3.63, 3.8) is 0 Å². The Hall–Kier alpha value is -0.570. The first-order valence-electron chi connectivity index (χ1n) is 5.15. The van der Waals surface area contributed by atoms with Gasteiger partial charge in [-0.1, -0.05) is 6.92 Å². The summed E-state index contributed by atoms with van der Waals surface area (Å²) in [5, 5.41) is 2.65. The Morgan fingerprint density at radius 1 is 1.62 bits per heavy atom. The van der Waals surface area contributed by atoms with Crippen molar-refractivity contribution in [3.8, 4) is 0 Å². The summed E-state index contributed by atoms with van der Waals surface area (Å²) in [6.45, 7) is 5.54.